The number of hydrogen-bond donors (Lipinski definition) is 1. The van der Waals surface area contributed by atoms with Gasteiger partial charge in [0.1, 0.15) is 6.10 Å². The van der Waals surface area contributed by atoms with Crippen molar-refractivity contribution in [3.8, 4) is 5.19 Å². The zero-order valence-electron chi connectivity index (χ0n) is 10.2. The molecule has 4 amide bonds. The summed E-state index contributed by atoms with van der Waals surface area (Å²) in [5.41, 5.74) is 0. The van der Waals surface area contributed by atoms with Crippen LogP contribution >= 0.6 is 11.3 Å². The Labute approximate surface area is 114 Å². The molecule has 1 unspecified atom stereocenters. The highest BCUT2D eigenvalue weighted by Gasteiger charge is 2.35. The van der Waals surface area contributed by atoms with Crippen LogP contribution < -0.4 is 10.1 Å². The molecule has 3 heterocycles. The van der Waals surface area contributed by atoms with E-state index in [2.05, 4.69) is 10.3 Å². The van der Waals surface area contributed by atoms with Crippen molar-refractivity contribution >= 4 is 23.4 Å². The molecular weight excluding hydrogens is 268 g/mol. The molecule has 2 aliphatic rings. The van der Waals surface area contributed by atoms with Crippen LogP contribution in [0.15, 0.2) is 11.6 Å². The molecule has 0 aliphatic carbocycles. The number of nitrogens with one attached hydrogen (secondary N) is 1. The summed E-state index contributed by atoms with van der Waals surface area (Å²) in [6.07, 6.45) is 2.41. The van der Waals surface area contributed by atoms with Crippen LogP contribution in [0.5, 0.6) is 5.19 Å². The molecule has 0 radical (unpaired) electrons. The highest BCUT2D eigenvalue weighted by atomic mass is 32.1. The van der Waals surface area contributed by atoms with E-state index in [4.69, 9.17) is 4.74 Å². The van der Waals surface area contributed by atoms with Gasteiger partial charge in [-0.15, -0.1) is 0 Å². The molecule has 1 aromatic rings. The lowest BCUT2D eigenvalue weighted by Crippen LogP contribution is -2.44. The van der Waals surface area contributed by atoms with Crippen LogP contribution in [0.4, 0.5) is 9.59 Å². The zero-order chi connectivity index (χ0) is 13.2. The first-order chi connectivity index (χ1) is 9.24. The van der Waals surface area contributed by atoms with Crippen molar-refractivity contribution in [1.82, 2.24) is 20.1 Å². The van der Waals surface area contributed by atoms with Gasteiger partial charge in [-0.1, -0.05) is 11.3 Å². The van der Waals surface area contributed by atoms with Crippen LogP contribution in [0.25, 0.3) is 0 Å². The van der Waals surface area contributed by atoms with E-state index < -0.39 is 0 Å². The SMILES string of the molecule is O=C1NCCN1C(=O)N1CCC(Oc2nccs2)C1. The molecule has 0 bridgehead atoms. The molecule has 1 atom stereocenters. The van der Waals surface area contributed by atoms with Crippen LogP contribution in [0.3, 0.4) is 0 Å². The van der Waals surface area contributed by atoms with E-state index >= 15 is 0 Å². The number of amides is 4. The monoisotopic (exact) mass is 282 g/mol. The van der Waals surface area contributed by atoms with Gasteiger partial charge in [0.05, 0.1) is 6.54 Å². The Morgan fingerprint density at radius 2 is 2.42 bits per heavy atom. The van der Waals surface area contributed by atoms with E-state index in [0.717, 1.165) is 6.42 Å². The summed E-state index contributed by atoms with van der Waals surface area (Å²) in [5, 5.41) is 5.09. The Morgan fingerprint density at radius 3 is 3.11 bits per heavy atom. The minimum atomic E-state index is -0.311. The Balaban J connectivity index is 1.56. The fraction of sp³-hybridized carbons (Fsp3) is 0.545. The number of urea groups is 2. The third-order valence-corrected chi connectivity index (χ3v) is 3.84. The quantitative estimate of drug-likeness (QED) is 0.868. The molecule has 19 heavy (non-hydrogen) atoms. The molecule has 1 aromatic heterocycles. The summed E-state index contributed by atoms with van der Waals surface area (Å²) in [5.74, 6) is 0. The first-order valence-electron chi connectivity index (χ1n) is 6.14. The number of carbonyl (C=O) groups is 2. The van der Waals surface area contributed by atoms with Gasteiger partial charge in [-0.2, -0.15) is 0 Å². The number of rotatable bonds is 2. The van der Waals surface area contributed by atoms with Crippen molar-refractivity contribution in [2.75, 3.05) is 26.2 Å². The second-order valence-corrected chi connectivity index (χ2v) is 5.30. The Kier molecular flexibility index (Phi) is 3.24. The van der Waals surface area contributed by atoms with Gasteiger partial charge >= 0.3 is 12.1 Å². The lowest BCUT2D eigenvalue weighted by atomic mass is 10.3. The van der Waals surface area contributed by atoms with Crippen molar-refractivity contribution in [3.63, 3.8) is 0 Å². The fourth-order valence-electron chi connectivity index (χ4n) is 2.23. The largest absolute Gasteiger partial charge is 0.465 e. The molecule has 1 N–H and O–H groups in total. The number of imide groups is 1. The second-order valence-electron chi connectivity index (χ2n) is 4.44. The zero-order valence-corrected chi connectivity index (χ0v) is 11.1. The first-order valence-corrected chi connectivity index (χ1v) is 7.02. The van der Waals surface area contributed by atoms with Crippen molar-refractivity contribution in [2.45, 2.75) is 12.5 Å². The van der Waals surface area contributed by atoms with Crippen molar-refractivity contribution < 1.29 is 14.3 Å². The summed E-state index contributed by atoms with van der Waals surface area (Å²) >= 11 is 1.43. The normalized spacial score (nSPS) is 22.7. The maximum absolute atomic E-state index is 12.1. The number of aromatic nitrogens is 1. The maximum atomic E-state index is 12.1. The highest BCUT2D eigenvalue weighted by molar-refractivity contribution is 7.11. The average Bonchev–Trinajstić information content (AvgIpc) is 3.10. The summed E-state index contributed by atoms with van der Waals surface area (Å²) < 4.78 is 5.68. The van der Waals surface area contributed by atoms with Gasteiger partial charge in [0, 0.05) is 37.6 Å². The van der Waals surface area contributed by atoms with Crippen LogP contribution in [-0.2, 0) is 0 Å². The topological polar surface area (TPSA) is 74.8 Å². The number of likely N-dealkylation sites (tertiary alicyclic amines) is 1. The summed E-state index contributed by atoms with van der Waals surface area (Å²) in [6.45, 7) is 2.07. The molecule has 0 saturated carbocycles. The van der Waals surface area contributed by atoms with E-state index in [1.807, 2.05) is 5.38 Å². The Hall–Kier alpha value is -1.83. The van der Waals surface area contributed by atoms with Gasteiger partial charge in [-0.25, -0.2) is 19.5 Å². The molecule has 2 aliphatic heterocycles. The summed E-state index contributed by atoms with van der Waals surface area (Å²) in [6, 6.07) is -0.547. The number of carbonyl (C=O) groups excluding carboxylic acids is 2. The average molecular weight is 282 g/mol. The third kappa shape index (κ3) is 2.48. The molecular formula is C11H14N4O3S. The number of thiazole rings is 1. The van der Waals surface area contributed by atoms with Gasteiger partial charge in [0.15, 0.2) is 0 Å². The van der Waals surface area contributed by atoms with Crippen LogP contribution in [-0.4, -0.2) is 59.1 Å². The van der Waals surface area contributed by atoms with Crippen LogP contribution in [0.2, 0.25) is 0 Å². The van der Waals surface area contributed by atoms with Crippen molar-refractivity contribution in [1.29, 1.82) is 0 Å². The van der Waals surface area contributed by atoms with Crippen molar-refractivity contribution in [2.24, 2.45) is 0 Å². The minimum Gasteiger partial charge on any atom is -0.465 e. The molecule has 2 fully saturated rings. The maximum Gasteiger partial charge on any atom is 0.328 e. The Bertz CT molecular complexity index is 478. The van der Waals surface area contributed by atoms with Gasteiger partial charge in [-0.3, -0.25) is 0 Å². The van der Waals surface area contributed by atoms with E-state index in [1.54, 1.807) is 11.1 Å². The fourth-order valence-corrected chi connectivity index (χ4v) is 2.79. The highest BCUT2D eigenvalue weighted by Crippen LogP contribution is 2.21. The van der Waals surface area contributed by atoms with E-state index in [-0.39, 0.29) is 18.2 Å². The predicted octanol–water partition coefficient (Wildman–Crippen LogP) is 0.741. The lowest BCUT2D eigenvalue weighted by Gasteiger charge is -2.21. The van der Waals surface area contributed by atoms with Gasteiger partial charge in [0.2, 0.25) is 0 Å². The Morgan fingerprint density at radius 1 is 1.53 bits per heavy atom. The third-order valence-electron chi connectivity index (χ3n) is 3.18. The molecule has 102 valence electrons. The molecule has 3 rings (SSSR count). The molecule has 8 heteroatoms. The molecule has 0 aromatic carbocycles. The van der Waals surface area contributed by atoms with Gasteiger partial charge < -0.3 is 15.0 Å². The van der Waals surface area contributed by atoms with Crippen LogP contribution in [0.1, 0.15) is 6.42 Å². The lowest BCUT2D eigenvalue weighted by molar-refractivity contribution is 0.161. The van der Waals surface area contributed by atoms with E-state index in [9.17, 15) is 9.59 Å². The summed E-state index contributed by atoms with van der Waals surface area (Å²) in [7, 11) is 0. The van der Waals surface area contributed by atoms with Gasteiger partial charge in [0.25, 0.3) is 5.19 Å². The first kappa shape index (κ1) is 12.2. The molecule has 7 nitrogen and oxygen atoms in total. The van der Waals surface area contributed by atoms with Gasteiger partial charge in [-0.05, 0) is 0 Å². The van der Waals surface area contributed by atoms with E-state index in [0.29, 0.717) is 31.4 Å². The predicted molar refractivity (Wildman–Crippen MR) is 68.2 cm³/mol. The molecule has 2 saturated heterocycles. The molecule has 0 spiro atoms. The number of ether oxygens (including phenoxy) is 1. The standard InChI is InChI=1S/C11H14N4O3S/c16-9-12-2-5-15(9)11(17)14-4-1-8(7-14)18-10-13-3-6-19-10/h3,6,8H,1-2,4-5,7H2,(H,12,16). The van der Waals surface area contributed by atoms with Crippen LogP contribution in [0, 0.1) is 0 Å². The minimum absolute atomic E-state index is 0.0410. The van der Waals surface area contributed by atoms with Crippen molar-refractivity contribution in [3.05, 3.63) is 11.6 Å². The number of nitrogens with zero attached hydrogens (tertiary/aromatic N) is 3. The number of hydrogen-bond acceptors (Lipinski definition) is 5. The second kappa shape index (κ2) is 5.04. The smallest absolute Gasteiger partial charge is 0.328 e. The van der Waals surface area contributed by atoms with E-state index in [1.165, 1.54) is 16.2 Å². The summed E-state index contributed by atoms with van der Waals surface area (Å²) in [4.78, 5) is 30.5.